The quantitative estimate of drug-likeness (QED) is 0.631. The van der Waals surface area contributed by atoms with Gasteiger partial charge in [-0.1, -0.05) is 11.3 Å². The van der Waals surface area contributed by atoms with E-state index in [-0.39, 0.29) is 0 Å². The van der Waals surface area contributed by atoms with E-state index in [4.69, 9.17) is 5.73 Å². The fraction of sp³-hybridized carbons (Fsp3) is 0. The van der Waals surface area contributed by atoms with Crippen LogP contribution < -0.4 is 10.5 Å². The lowest BCUT2D eigenvalue weighted by Crippen LogP contribution is -2.22. The summed E-state index contributed by atoms with van der Waals surface area (Å²) in [5.41, 5.74) is 6.37. The number of rotatable bonds is 2. The monoisotopic (exact) mass is 176 g/mol. The Morgan fingerprint density at radius 1 is 1.90 bits per heavy atom. The first kappa shape index (κ1) is 7.29. The van der Waals surface area contributed by atoms with Gasteiger partial charge in [-0.3, -0.25) is 4.72 Å². The van der Waals surface area contributed by atoms with Gasteiger partial charge >= 0.3 is 6.03 Å². The van der Waals surface area contributed by atoms with Gasteiger partial charge in [0.25, 0.3) is 0 Å². The molecule has 1 rings (SSSR count). The number of carbonyl (C=O) groups excluding carboxylic acids is 1. The zero-order valence-corrected chi connectivity index (χ0v) is 6.41. The van der Waals surface area contributed by atoms with Gasteiger partial charge in [-0.2, -0.15) is 0 Å². The number of carbonyl (C=O) groups is 1. The van der Waals surface area contributed by atoms with Crippen molar-refractivity contribution in [2.24, 2.45) is 5.73 Å². The maximum Gasteiger partial charge on any atom is 0.322 e. The molecule has 10 heavy (non-hydrogen) atoms. The predicted molar refractivity (Wildman–Crippen MR) is 38.5 cm³/mol. The fourth-order valence-corrected chi connectivity index (χ4v) is 1.30. The van der Waals surface area contributed by atoms with Crippen molar-refractivity contribution >= 4 is 29.3 Å². The number of amides is 2. The minimum Gasteiger partial charge on any atom is -0.351 e. The van der Waals surface area contributed by atoms with Crippen LogP contribution in [-0.4, -0.2) is 16.2 Å². The summed E-state index contributed by atoms with van der Waals surface area (Å²) >= 11 is 2.39. The number of hydrogen-bond donors (Lipinski definition) is 2. The minimum absolute atomic E-state index is 0.583. The second-order valence-electron chi connectivity index (χ2n) is 1.27. The molecule has 1 aromatic rings. The van der Waals surface area contributed by atoms with Crippen LogP contribution in [0.4, 0.5) is 4.79 Å². The first-order valence-electron chi connectivity index (χ1n) is 2.27. The summed E-state index contributed by atoms with van der Waals surface area (Å²) in [6, 6.07) is -0.583. The smallest absolute Gasteiger partial charge is 0.322 e. The van der Waals surface area contributed by atoms with E-state index in [0.717, 1.165) is 11.9 Å². The van der Waals surface area contributed by atoms with Crippen LogP contribution in [0.1, 0.15) is 0 Å². The van der Waals surface area contributed by atoms with Gasteiger partial charge in [0, 0.05) is 11.9 Å². The Kier molecular flexibility index (Phi) is 2.46. The van der Waals surface area contributed by atoms with Crippen LogP contribution in [0.3, 0.4) is 0 Å². The van der Waals surface area contributed by atoms with E-state index in [9.17, 15) is 4.79 Å². The molecule has 7 heteroatoms. The lowest BCUT2D eigenvalue weighted by atomic mass is 11.2. The van der Waals surface area contributed by atoms with Crippen molar-refractivity contribution in [3.63, 3.8) is 0 Å². The molecule has 0 radical (unpaired) electrons. The van der Waals surface area contributed by atoms with Crippen LogP contribution in [0.25, 0.3) is 0 Å². The number of nitrogens with two attached hydrogens (primary N) is 1. The molecule has 0 atom stereocenters. The van der Waals surface area contributed by atoms with Gasteiger partial charge in [-0.25, -0.2) is 4.79 Å². The van der Waals surface area contributed by atoms with Crippen LogP contribution in [0.15, 0.2) is 9.85 Å². The lowest BCUT2D eigenvalue weighted by molar-refractivity contribution is 0.254. The topological polar surface area (TPSA) is 80.9 Å². The van der Waals surface area contributed by atoms with E-state index in [1.165, 1.54) is 11.3 Å². The highest BCUT2D eigenvalue weighted by molar-refractivity contribution is 7.99. The fourth-order valence-electron chi connectivity index (χ4n) is 0.301. The Hall–Kier alpha value is -0.820. The van der Waals surface area contributed by atoms with Crippen molar-refractivity contribution in [2.45, 2.75) is 4.34 Å². The minimum atomic E-state index is -0.583. The van der Waals surface area contributed by atoms with Crippen molar-refractivity contribution in [3.8, 4) is 0 Å². The maximum absolute atomic E-state index is 10.1. The summed E-state index contributed by atoms with van der Waals surface area (Å²) in [6.07, 6.45) is 0. The van der Waals surface area contributed by atoms with E-state index in [1.807, 2.05) is 0 Å². The summed E-state index contributed by atoms with van der Waals surface area (Å²) in [6.45, 7) is 0. The highest BCUT2D eigenvalue weighted by Crippen LogP contribution is 2.14. The molecule has 0 saturated heterocycles. The number of nitrogens with zero attached hydrogens (tertiary/aromatic N) is 2. The Morgan fingerprint density at radius 2 is 2.70 bits per heavy atom. The molecule has 0 saturated carbocycles. The molecule has 5 nitrogen and oxygen atoms in total. The number of nitrogens with one attached hydrogen (secondary N) is 1. The van der Waals surface area contributed by atoms with Crippen molar-refractivity contribution in [1.82, 2.24) is 14.9 Å². The van der Waals surface area contributed by atoms with Crippen molar-refractivity contribution in [1.29, 1.82) is 0 Å². The zero-order chi connectivity index (χ0) is 7.40. The third-order valence-electron chi connectivity index (χ3n) is 0.579. The van der Waals surface area contributed by atoms with Crippen molar-refractivity contribution in [2.75, 3.05) is 0 Å². The third-order valence-corrected chi connectivity index (χ3v) is 2.16. The summed E-state index contributed by atoms with van der Waals surface area (Å²) in [4.78, 5) is 10.1. The van der Waals surface area contributed by atoms with Crippen molar-refractivity contribution < 1.29 is 4.79 Å². The number of urea groups is 1. The molecule has 2 amide bonds. The summed E-state index contributed by atoms with van der Waals surface area (Å²) in [5.74, 6) is 0. The van der Waals surface area contributed by atoms with Crippen LogP contribution in [-0.2, 0) is 0 Å². The molecule has 0 fully saturated rings. The summed E-state index contributed by atoms with van der Waals surface area (Å²) < 4.78 is 2.98. The molecule has 3 N–H and O–H groups in total. The van der Waals surface area contributed by atoms with E-state index < -0.39 is 6.03 Å². The molecule has 54 valence electrons. The summed E-state index contributed by atoms with van der Waals surface area (Å²) in [7, 11) is 0. The Labute approximate surface area is 65.2 Å². The van der Waals surface area contributed by atoms with Gasteiger partial charge in [0.1, 0.15) is 5.51 Å². The second kappa shape index (κ2) is 3.37. The number of aromatic nitrogens is 2. The lowest BCUT2D eigenvalue weighted by Gasteiger charge is -1.92. The number of hydrogen-bond acceptors (Lipinski definition) is 5. The SMILES string of the molecule is NC(=O)NSc1nncs1. The molecule has 1 heterocycles. The first-order valence-corrected chi connectivity index (χ1v) is 3.97. The number of primary amides is 1. The Bertz CT molecular complexity index is 210. The Morgan fingerprint density at radius 3 is 3.20 bits per heavy atom. The zero-order valence-electron chi connectivity index (χ0n) is 4.77. The third kappa shape index (κ3) is 2.19. The largest absolute Gasteiger partial charge is 0.351 e. The van der Waals surface area contributed by atoms with E-state index in [1.54, 1.807) is 5.51 Å². The Balaban J connectivity index is 2.35. The van der Waals surface area contributed by atoms with Crippen LogP contribution in [0.2, 0.25) is 0 Å². The highest BCUT2D eigenvalue weighted by Gasteiger charge is 1.97. The van der Waals surface area contributed by atoms with Gasteiger partial charge in [-0.15, -0.1) is 10.2 Å². The first-order chi connectivity index (χ1) is 4.79. The van der Waals surface area contributed by atoms with Crippen LogP contribution in [0, 0.1) is 0 Å². The van der Waals surface area contributed by atoms with E-state index in [0.29, 0.717) is 4.34 Å². The molecule has 0 aliphatic heterocycles. The summed E-state index contributed by atoms with van der Waals surface area (Å²) in [5, 5.41) is 7.21. The van der Waals surface area contributed by atoms with Gasteiger partial charge in [0.15, 0.2) is 4.34 Å². The van der Waals surface area contributed by atoms with Gasteiger partial charge in [-0.05, 0) is 0 Å². The van der Waals surface area contributed by atoms with Gasteiger partial charge in [0.2, 0.25) is 0 Å². The van der Waals surface area contributed by atoms with Crippen LogP contribution in [0.5, 0.6) is 0 Å². The molecular weight excluding hydrogens is 172 g/mol. The van der Waals surface area contributed by atoms with E-state index >= 15 is 0 Å². The second-order valence-corrected chi connectivity index (χ2v) is 3.16. The average Bonchev–Trinajstić information content (AvgIpc) is 2.34. The average molecular weight is 176 g/mol. The molecule has 0 spiro atoms. The van der Waals surface area contributed by atoms with Gasteiger partial charge < -0.3 is 5.73 Å². The molecule has 0 aliphatic rings. The predicted octanol–water partition coefficient (Wildman–Crippen LogP) is 0.214. The standard InChI is InChI=1S/C3H4N4OS2/c4-2(8)7-10-3-6-5-1-9-3/h1H,(H3,4,7,8). The molecule has 0 unspecified atom stereocenters. The van der Waals surface area contributed by atoms with Crippen molar-refractivity contribution in [3.05, 3.63) is 5.51 Å². The highest BCUT2D eigenvalue weighted by atomic mass is 32.2. The van der Waals surface area contributed by atoms with E-state index in [2.05, 4.69) is 14.9 Å². The molecule has 0 aromatic carbocycles. The molecule has 1 aromatic heterocycles. The normalized spacial score (nSPS) is 9.20. The maximum atomic E-state index is 10.1. The molecular formula is C3H4N4OS2. The molecule has 0 bridgehead atoms. The van der Waals surface area contributed by atoms with Gasteiger partial charge in [0.05, 0.1) is 0 Å². The molecule has 0 aliphatic carbocycles. The van der Waals surface area contributed by atoms with Crippen LogP contribution >= 0.6 is 23.3 Å².